The van der Waals surface area contributed by atoms with Crippen LogP contribution in [0.15, 0.2) is 23.1 Å². The van der Waals surface area contributed by atoms with Crippen LogP contribution in [0.5, 0.6) is 0 Å². The standard InChI is InChI=1S/C14H23O2PS2/c1-3-5-8-12-9-7-11-14(19-17(15,16)18)13(12)10-6-4-2/h7,9,11H,3-6,8,10H2,1-2H3,(H2,15,16,18). The van der Waals surface area contributed by atoms with Crippen LogP contribution < -0.4 is 0 Å². The summed E-state index contributed by atoms with van der Waals surface area (Å²) in [5, 5.41) is 0. The molecule has 1 aromatic carbocycles. The van der Waals surface area contributed by atoms with E-state index in [4.69, 9.17) is 11.8 Å². The predicted molar refractivity (Wildman–Crippen MR) is 88.2 cm³/mol. The Bertz CT molecular complexity index is 443. The summed E-state index contributed by atoms with van der Waals surface area (Å²) in [4.78, 5) is 20.0. The van der Waals surface area contributed by atoms with Crippen LogP contribution in [0.2, 0.25) is 0 Å². The summed E-state index contributed by atoms with van der Waals surface area (Å²) in [7, 11) is 0. The van der Waals surface area contributed by atoms with Crippen molar-refractivity contribution >= 4 is 28.9 Å². The quantitative estimate of drug-likeness (QED) is 0.683. The largest absolute Gasteiger partial charge is 0.337 e. The third-order valence-corrected chi connectivity index (χ3v) is 5.82. The molecule has 0 aromatic heterocycles. The molecule has 19 heavy (non-hydrogen) atoms. The predicted octanol–water partition coefficient (Wildman–Crippen LogP) is 4.67. The molecule has 0 aliphatic rings. The van der Waals surface area contributed by atoms with Gasteiger partial charge in [-0.05, 0) is 66.1 Å². The SMILES string of the molecule is CCCCc1cccc(SP(O)(O)=S)c1CCCC. The number of rotatable bonds is 8. The third kappa shape index (κ3) is 6.42. The molecule has 0 amide bonds. The van der Waals surface area contributed by atoms with Crippen LogP contribution in [0.4, 0.5) is 0 Å². The second-order valence-corrected chi connectivity index (χ2v) is 10.6. The summed E-state index contributed by atoms with van der Waals surface area (Å²) in [5.74, 6) is 0. The van der Waals surface area contributed by atoms with Gasteiger partial charge in [0.2, 0.25) is 5.69 Å². The zero-order valence-electron chi connectivity index (χ0n) is 11.6. The highest BCUT2D eigenvalue weighted by molar-refractivity contribution is 8.67. The highest BCUT2D eigenvalue weighted by Gasteiger charge is 2.15. The molecule has 0 spiro atoms. The van der Waals surface area contributed by atoms with Gasteiger partial charge in [0.25, 0.3) is 0 Å². The molecule has 0 radical (unpaired) electrons. The molecule has 0 fully saturated rings. The van der Waals surface area contributed by atoms with Crippen molar-refractivity contribution in [1.29, 1.82) is 0 Å². The summed E-state index contributed by atoms with van der Waals surface area (Å²) in [6, 6.07) is 6.11. The third-order valence-electron chi connectivity index (χ3n) is 3.03. The fraction of sp³-hybridized carbons (Fsp3) is 0.571. The Kier molecular flexibility index (Phi) is 7.63. The number of aryl methyl sites for hydroxylation is 1. The van der Waals surface area contributed by atoms with Gasteiger partial charge in [0, 0.05) is 4.90 Å². The molecular weight excluding hydrogens is 295 g/mol. The van der Waals surface area contributed by atoms with E-state index < -0.39 is 5.69 Å². The van der Waals surface area contributed by atoms with Gasteiger partial charge in [-0.25, -0.2) is 0 Å². The molecule has 0 aliphatic heterocycles. The van der Waals surface area contributed by atoms with E-state index in [9.17, 15) is 9.79 Å². The Balaban J connectivity index is 3.02. The van der Waals surface area contributed by atoms with E-state index in [-0.39, 0.29) is 0 Å². The van der Waals surface area contributed by atoms with Crippen molar-refractivity contribution in [2.24, 2.45) is 0 Å². The molecule has 108 valence electrons. The Morgan fingerprint density at radius 3 is 2.32 bits per heavy atom. The van der Waals surface area contributed by atoms with Gasteiger partial charge in [0.05, 0.1) is 0 Å². The molecule has 1 aromatic rings. The van der Waals surface area contributed by atoms with Crippen LogP contribution in [0.1, 0.15) is 50.7 Å². The molecule has 0 unspecified atom stereocenters. The molecule has 0 aliphatic carbocycles. The summed E-state index contributed by atoms with van der Waals surface area (Å²) < 4.78 is 0. The number of benzene rings is 1. The molecular formula is C14H23O2PS2. The lowest BCUT2D eigenvalue weighted by atomic mass is 9.98. The van der Waals surface area contributed by atoms with Crippen LogP contribution in [0, 0.1) is 0 Å². The zero-order chi connectivity index (χ0) is 14.3. The molecule has 0 saturated heterocycles. The molecule has 2 N–H and O–H groups in total. The molecule has 1 rings (SSSR count). The van der Waals surface area contributed by atoms with Crippen LogP contribution in [-0.2, 0) is 24.6 Å². The summed E-state index contributed by atoms with van der Waals surface area (Å²) >= 11 is 5.82. The molecule has 0 bridgehead atoms. The van der Waals surface area contributed by atoms with Crippen LogP contribution >= 0.6 is 17.1 Å². The van der Waals surface area contributed by atoms with Gasteiger partial charge in [-0.3, -0.25) is 0 Å². The molecule has 2 nitrogen and oxygen atoms in total. The van der Waals surface area contributed by atoms with Crippen LogP contribution in [-0.4, -0.2) is 9.79 Å². The number of hydrogen-bond acceptors (Lipinski definition) is 2. The van der Waals surface area contributed by atoms with E-state index in [1.165, 1.54) is 24.0 Å². The van der Waals surface area contributed by atoms with Crippen molar-refractivity contribution in [1.82, 2.24) is 0 Å². The fourth-order valence-electron chi connectivity index (χ4n) is 2.06. The number of hydrogen-bond donors (Lipinski definition) is 2. The average Bonchev–Trinajstić information content (AvgIpc) is 2.33. The first-order valence-corrected chi connectivity index (χ1v) is 11.0. The molecule has 5 heteroatoms. The first-order chi connectivity index (χ1) is 8.98. The smallest absolute Gasteiger partial charge is 0.246 e. The van der Waals surface area contributed by atoms with Crippen molar-refractivity contribution in [3.8, 4) is 0 Å². The van der Waals surface area contributed by atoms with Gasteiger partial charge >= 0.3 is 0 Å². The first kappa shape index (κ1) is 17.2. The molecule has 0 atom stereocenters. The first-order valence-electron chi connectivity index (χ1n) is 6.83. The van der Waals surface area contributed by atoms with Crippen LogP contribution in [0.25, 0.3) is 0 Å². The lowest BCUT2D eigenvalue weighted by Crippen LogP contribution is -1.97. The second-order valence-electron chi connectivity index (χ2n) is 4.68. The highest BCUT2D eigenvalue weighted by atomic mass is 32.9. The molecule has 0 heterocycles. The Morgan fingerprint density at radius 1 is 1.11 bits per heavy atom. The second kappa shape index (κ2) is 8.43. The van der Waals surface area contributed by atoms with Gasteiger partial charge in [-0.2, -0.15) is 0 Å². The van der Waals surface area contributed by atoms with E-state index in [1.54, 1.807) is 0 Å². The highest BCUT2D eigenvalue weighted by Crippen LogP contribution is 2.56. The van der Waals surface area contributed by atoms with Crippen molar-refractivity contribution in [3.63, 3.8) is 0 Å². The topological polar surface area (TPSA) is 40.5 Å². The van der Waals surface area contributed by atoms with E-state index in [1.807, 2.05) is 12.1 Å². The molecule has 0 saturated carbocycles. The van der Waals surface area contributed by atoms with Gasteiger partial charge in [-0.15, -0.1) is 0 Å². The number of unbranched alkanes of at least 4 members (excludes halogenated alkanes) is 2. The van der Waals surface area contributed by atoms with Gasteiger partial charge in [0.15, 0.2) is 0 Å². The van der Waals surface area contributed by atoms with E-state index in [2.05, 4.69) is 19.9 Å². The summed E-state index contributed by atoms with van der Waals surface area (Å²) in [5.41, 5.74) is -0.642. The Morgan fingerprint density at radius 2 is 1.74 bits per heavy atom. The Hall–Kier alpha value is 0.140. The van der Waals surface area contributed by atoms with Gasteiger partial charge in [-0.1, -0.05) is 38.8 Å². The van der Waals surface area contributed by atoms with Gasteiger partial charge < -0.3 is 9.79 Å². The normalized spacial score (nSPS) is 11.8. The van der Waals surface area contributed by atoms with E-state index >= 15 is 0 Å². The van der Waals surface area contributed by atoms with E-state index in [0.29, 0.717) is 0 Å². The minimum Gasteiger partial charge on any atom is -0.337 e. The van der Waals surface area contributed by atoms with Crippen molar-refractivity contribution in [3.05, 3.63) is 29.3 Å². The zero-order valence-corrected chi connectivity index (χ0v) is 14.2. The average molecular weight is 318 g/mol. The van der Waals surface area contributed by atoms with Crippen LogP contribution in [0.3, 0.4) is 0 Å². The monoisotopic (exact) mass is 318 g/mol. The Labute approximate surface area is 125 Å². The maximum Gasteiger partial charge on any atom is 0.246 e. The maximum absolute atomic E-state index is 9.53. The minimum atomic E-state index is -3.24. The minimum absolute atomic E-state index is 0.954. The summed E-state index contributed by atoms with van der Waals surface area (Å²) in [6.07, 6.45) is 6.65. The maximum atomic E-state index is 9.53. The van der Waals surface area contributed by atoms with Crippen molar-refractivity contribution in [2.75, 3.05) is 0 Å². The van der Waals surface area contributed by atoms with Gasteiger partial charge in [0.1, 0.15) is 0 Å². The van der Waals surface area contributed by atoms with Crippen molar-refractivity contribution in [2.45, 2.75) is 57.3 Å². The fourth-order valence-corrected chi connectivity index (χ4v) is 4.81. The summed E-state index contributed by atoms with van der Waals surface area (Å²) in [6.45, 7) is 4.36. The van der Waals surface area contributed by atoms with E-state index in [0.717, 1.165) is 42.0 Å². The lowest BCUT2D eigenvalue weighted by molar-refractivity contribution is 0.502. The lowest BCUT2D eigenvalue weighted by Gasteiger charge is -2.16. The van der Waals surface area contributed by atoms with Crippen molar-refractivity contribution < 1.29 is 9.79 Å².